The molecule has 0 bridgehead atoms. The van der Waals surface area contributed by atoms with Gasteiger partial charge in [0.25, 0.3) is 0 Å². The van der Waals surface area contributed by atoms with Crippen LogP contribution >= 0.6 is 0 Å². The van der Waals surface area contributed by atoms with E-state index in [1.165, 1.54) is 5.56 Å². The molecule has 0 aliphatic carbocycles. The molecule has 0 N–H and O–H groups in total. The van der Waals surface area contributed by atoms with Crippen molar-refractivity contribution in [2.45, 2.75) is 38.6 Å². The van der Waals surface area contributed by atoms with E-state index in [0.29, 0.717) is 17.9 Å². The molecule has 0 spiro atoms. The fourth-order valence-electron chi connectivity index (χ4n) is 3.21. The summed E-state index contributed by atoms with van der Waals surface area (Å²) in [6, 6.07) is 9.35. The molecule has 0 radical (unpaired) electrons. The number of aromatic nitrogens is 2. The molecule has 124 valence electrons. The molecule has 1 saturated heterocycles. The minimum Gasteiger partial charge on any atom is -0.342 e. The number of nitriles is 1. The minimum absolute atomic E-state index is 0.169. The van der Waals surface area contributed by atoms with E-state index < -0.39 is 0 Å². The summed E-state index contributed by atoms with van der Waals surface area (Å²) in [5.74, 6) is 0.673. The smallest absolute Gasteiger partial charge is 0.226 e. The van der Waals surface area contributed by atoms with Gasteiger partial charge in [-0.05, 0) is 48.9 Å². The molecule has 5 heteroatoms. The Hall–Kier alpha value is -2.61. The number of nitrogens with zero attached hydrogens (tertiary/aromatic N) is 4. The number of amides is 1. The quantitative estimate of drug-likeness (QED) is 0.869. The molecule has 5 nitrogen and oxygen atoms in total. The molecule has 3 rings (SSSR count). The lowest BCUT2D eigenvalue weighted by Crippen LogP contribution is -2.38. The number of likely N-dealkylation sites (tertiary alicyclic amines) is 1. The lowest BCUT2D eigenvalue weighted by atomic mass is 9.91. The molecule has 2 aromatic rings. The fraction of sp³-hybridized carbons (Fsp3) is 0.421. The van der Waals surface area contributed by atoms with Gasteiger partial charge in [0.05, 0.1) is 24.3 Å². The second-order valence-corrected chi connectivity index (χ2v) is 6.27. The predicted octanol–water partition coefficient (Wildman–Crippen LogP) is 2.72. The molecule has 0 atom stereocenters. The highest BCUT2D eigenvalue weighted by Gasteiger charge is 2.24. The molecule has 1 aromatic carbocycles. The summed E-state index contributed by atoms with van der Waals surface area (Å²) in [6.07, 6.45) is 6.48. The van der Waals surface area contributed by atoms with Gasteiger partial charge in [-0.25, -0.2) is 0 Å². The highest BCUT2D eigenvalue weighted by atomic mass is 16.2. The van der Waals surface area contributed by atoms with Crippen LogP contribution < -0.4 is 0 Å². The second kappa shape index (κ2) is 7.31. The van der Waals surface area contributed by atoms with Gasteiger partial charge in [0, 0.05) is 25.8 Å². The van der Waals surface area contributed by atoms with Crippen LogP contribution in [0, 0.1) is 11.3 Å². The van der Waals surface area contributed by atoms with Crippen molar-refractivity contribution in [2.75, 3.05) is 13.1 Å². The zero-order valence-corrected chi connectivity index (χ0v) is 14.0. The van der Waals surface area contributed by atoms with Crippen molar-refractivity contribution < 1.29 is 4.79 Å². The van der Waals surface area contributed by atoms with Gasteiger partial charge < -0.3 is 4.90 Å². The number of hydrogen-bond donors (Lipinski definition) is 0. The van der Waals surface area contributed by atoms with Gasteiger partial charge in [-0.1, -0.05) is 12.1 Å². The van der Waals surface area contributed by atoms with E-state index in [-0.39, 0.29) is 5.91 Å². The topological polar surface area (TPSA) is 61.9 Å². The van der Waals surface area contributed by atoms with E-state index in [2.05, 4.69) is 24.3 Å². The Morgan fingerprint density at radius 3 is 2.58 bits per heavy atom. The first-order chi connectivity index (χ1) is 11.7. The maximum atomic E-state index is 12.5. The molecular formula is C19H22N4O. The van der Waals surface area contributed by atoms with E-state index >= 15 is 0 Å². The Morgan fingerprint density at radius 2 is 2.00 bits per heavy atom. The van der Waals surface area contributed by atoms with E-state index in [9.17, 15) is 4.79 Å². The second-order valence-electron chi connectivity index (χ2n) is 6.27. The number of benzene rings is 1. The molecule has 1 aromatic heterocycles. The molecule has 1 fully saturated rings. The Labute approximate surface area is 142 Å². The number of aryl methyl sites for hydroxylation is 1. The van der Waals surface area contributed by atoms with Crippen LogP contribution in [-0.2, 0) is 17.8 Å². The van der Waals surface area contributed by atoms with Crippen LogP contribution in [-0.4, -0.2) is 33.7 Å². The van der Waals surface area contributed by atoms with Crippen molar-refractivity contribution in [1.82, 2.24) is 14.7 Å². The third-order valence-corrected chi connectivity index (χ3v) is 4.73. The van der Waals surface area contributed by atoms with E-state index in [0.717, 1.165) is 38.0 Å². The van der Waals surface area contributed by atoms with Crippen molar-refractivity contribution in [3.63, 3.8) is 0 Å². The third kappa shape index (κ3) is 3.65. The minimum atomic E-state index is 0.169. The highest BCUT2D eigenvalue weighted by Crippen LogP contribution is 2.28. The van der Waals surface area contributed by atoms with Gasteiger partial charge in [0.15, 0.2) is 0 Å². The monoisotopic (exact) mass is 322 g/mol. The Bertz CT molecular complexity index is 733. The lowest BCUT2D eigenvalue weighted by Gasteiger charge is -2.31. The van der Waals surface area contributed by atoms with Gasteiger partial charge in [0.1, 0.15) is 0 Å². The first-order valence-electron chi connectivity index (χ1n) is 8.48. The van der Waals surface area contributed by atoms with Crippen LogP contribution in [0.2, 0.25) is 0 Å². The molecule has 1 aliphatic heterocycles. The van der Waals surface area contributed by atoms with Crippen LogP contribution in [0.1, 0.15) is 42.4 Å². The van der Waals surface area contributed by atoms with Gasteiger partial charge in [-0.15, -0.1) is 0 Å². The first-order valence-corrected chi connectivity index (χ1v) is 8.48. The Balaban J connectivity index is 1.53. The summed E-state index contributed by atoms with van der Waals surface area (Å²) < 4.78 is 1.96. The summed E-state index contributed by atoms with van der Waals surface area (Å²) in [6.45, 7) is 4.58. The van der Waals surface area contributed by atoms with Crippen molar-refractivity contribution in [1.29, 1.82) is 5.26 Å². The average molecular weight is 322 g/mol. The van der Waals surface area contributed by atoms with Gasteiger partial charge >= 0.3 is 0 Å². The molecule has 24 heavy (non-hydrogen) atoms. The van der Waals surface area contributed by atoms with Gasteiger partial charge in [-0.2, -0.15) is 10.4 Å². The molecule has 1 amide bonds. The predicted molar refractivity (Wildman–Crippen MR) is 91.3 cm³/mol. The normalized spacial score (nSPS) is 15.2. The third-order valence-electron chi connectivity index (χ3n) is 4.73. The lowest BCUT2D eigenvalue weighted by molar-refractivity contribution is -0.131. The van der Waals surface area contributed by atoms with E-state index in [1.807, 2.05) is 27.9 Å². The van der Waals surface area contributed by atoms with Crippen molar-refractivity contribution >= 4 is 5.91 Å². The van der Waals surface area contributed by atoms with Crippen LogP contribution in [0.5, 0.6) is 0 Å². The SMILES string of the molecule is CCn1cc(C2CCN(C(=O)Cc3ccc(C#N)cc3)CC2)cn1. The van der Waals surface area contributed by atoms with Gasteiger partial charge in [-0.3, -0.25) is 9.48 Å². The number of rotatable bonds is 4. The maximum Gasteiger partial charge on any atom is 0.226 e. The highest BCUT2D eigenvalue weighted by molar-refractivity contribution is 5.78. The summed E-state index contributed by atoms with van der Waals surface area (Å²) in [7, 11) is 0. The van der Waals surface area contributed by atoms with Crippen molar-refractivity contribution in [3.8, 4) is 6.07 Å². The fourth-order valence-corrected chi connectivity index (χ4v) is 3.21. The summed E-state index contributed by atoms with van der Waals surface area (Å²) in [5, 5.41) is 13.2. The van der Waals surface area contributed by atoms with Gasteiger partial charge in [0.2, 0.25) is 5.91 Å². The summed E-state index contributed by atoms with van der Waals surface area (Å²) in [4.78, 5) is 14.4. The summed E-state index contributed by atoms with van der Waals surface area (Å²) in [5.41, 5.74) is 2.88. The van der Waals surface area contributed by atoms with Crippen molar-refractivity contribution in [3.05, 3.63) is 53.3 Å². The van der Waals surface area contributed by atoms with E-state index in [1.54, 1.807) is 12.1 Å². The zero-order chi connectivity index (χ0) is 16.9. The maximum absolute atomic E-state index is 12.5. The number of carbonyl (C=O) groups is 1. The number of piperidine rings is 1. The summed E-state index contributed by atoms with van der Waals surface area (Å²) >= 11 is 0. The van der Waals surface area contributed by atoms with E-state index in [4.69, 9.17) is 5.26 Å². The van der Waals surface area contributed by atoms with Crippen LogP contribution in [0.25, 0.3) is 0 Å². The van der Waals surface area contributed by atoms with Crippen molar-refractivity contribution in [2.24, 2.45) is 0 Å². The first kappa shape index (κ1) is 16.3. The standard InChI is InChI=1S/C19H22N4O/c1-2-23-14-18(13-21-23)17-7-9-22(10-8-17)19(24)11-15-3-5-16(12-20)6-4-15/h3-6,13-14,17H,2,7-11H2,1H3. The number of hydrogen-bond acceptors (Lipinski definition) is 3. The molecule has 1 aliphatic rings. The zero-order valence-electron chi connectivity index (χ0n) is 14.0. The van der Waals surface area contributed by atoms with Crippen LogP contribution in [0.15, 0.2) is 36.7 Å². The largest absolute Gasteiger partial charge is 0.342 e. The molecular weight excluding hydrogens is 300 g/mol. The Morgan fingerprint density at radius 1 is 1.29 bits per heavy atom. The average Bonchev–Trinajstić information content (AvgIpc) is 3.11. The van der Waals surface area contributed by atoms with Crippen LogP contribution in [0.3, 0.4) is 0 Å². The van der Waals surface area contributed by atoms with Crippen LogP contribution in [0.4, 0.5) is 0 Å². The molecule has 0 saturated carbocycles. The molecule has 2 heterocycles. The molecule has 0 unspecified atom stereocenters. The Kier molecular flexibility index (Phi) is 4.95. The number of carbonyl (C=O) groups excluding carboxylic acids is 1.